The van der Waals surface area contributed by atoms with Crippen LogP contribution in [0, 0.1) is 5.82 Å². The predicted molar refractivity (Wildman–Crippen MR) is 94.4 cm³/mol. The number of carboxylic acids is 1. The van der Waals surface area contributed by atoms with E-state index < -0.39 is 23.5 Å². The molecule has 2 fully saturated rings. The number of urea groups is 1. The fourth-order valence-corrected chi connectivity index (χ4v) is 3.26. The standard InChI is InChI=1S/C18H22FN3O5/c1-18(2,3)27-17(26)20-6-7-21-12(9-20)10-22(16(21)25)14-5-4-11(15(23)24)8-13(14)19/h4-5,8,12H,6-7,9-10H2,1-3H3,(H,23,24)/t12-/m0/s1. The Morgan fingerprint density at radius 1 is 1.22 bits per heavy atom. The van der Waals surface area contributed by atoms with Crippen molar-refractivity contribution in [2.45, 2.75) is 32.4 Å². The number of benzene rings is 1. The number of fused-ring (bicyclic) bond motifs is 1. The van der Waals surface area contributed by atoms with Gasteiger partial charge < -0.3 is 19.6 Å². The zero-order valence-electron chi connectivity index (χ0n) is 15.4. The van der Waals surface area contributed by atoms with Crippen molar-refractivity contribution < 1.29 is 28.6 Å². The van der Waals surface area contributed by atoms with Crippen molar-refractivity contribution in [2.75, 3.05) is 31.1 Å². The van der Waals surface area contributed by atoms with Crippen molar-refractivity contribution in [2.24, 2.45) is 0 Å². The number of nitrogens with zero attached hydrogens (tertiary/aromatic N) is 3. The van der Waals surface area contributed by atoms with Crippen molar-refractivity contribution in [3.05, 3.63) is 29.6 Å². The molecule has 0 radical (unpaired) electrons. The lowest BCUT2D eigenvalue weighted by molar-refractivity contribution is 0.0128. The molecular formula is C18H22FN3O5. The van der Waals surface area contributed by atoms with E-state index in [0.29, 0.717) is 19.6 Å². The van der Waals surface area contributed by atoms with Crippen LogP contribution in [0.1, 0.15) is 31.1 Å². The molecule has 1 atom stereocenters. The highest BCUT2D eigenvalue weighted by Gasteiger charge is 2.43. The van der Waals surface area contributed by atoms with Gasteiger partial charge in [-0.05, 0) is 39.0 Å². The van der Waals surface area contributed by atoms with E-state index in [1.54, 1.807) is 30.6 Å². The minimum Gasteiger partial charge on any atom is -0.478 e. The van der Waals surface area contributed by atoms with Gasteiger partial charge in [0.1, 0.15) is 11.4 Å². The van der Waals surface area contributed by atoms with Crippen LogP contribution < -0.4 is 4.90 Å². The summed E-state index contributed by atoms with van der Waals surface area (Å²) in [7, 11) is 0. The summed E-state index contributed by atoms with van der Waals surface area (Å²) >= 11 is 0. The van der Waals surface area contributed by atoms with Gasteiger partial charge in [0.15, 0.2) is 0 Å². The quantitative estimate of drug-likeness (QED) is 0.852. The molecule has 8 nitrogen and oxygen atoms in total. The van der Waals surface area contributed by atoms with Gasteiger partial charge in [0, 0.05) is 19.6 Å². The molecule has 27 heavy (non-hydrogen) atoms. The van der Waals surface area contributed by atoms with E-state index in [-0.39, 0.29) is 29.9 Å². The number of carbonyl (C=O) groups excluding carboxylic acids is 2. The lowest BCUT2D eigenvalue weighted by Gasteiger charge is -2.36. The van der Waals surface area contributed by atoms with Crippen molar-refractivity contribution in [1.29, 1.82) is 0 Å². The highest BCUT2D eigenvalue weighted by atomic mass is 19.1. The van der Waals surface area contributed by atoms with Crippen LogP contribution in [0.3, 0.4) is 0 Å². The Morgan fingerprint density at radius 2 is 1.93 bits per heavy atom. The first-order valence-electron chi connectivity index (χ1n) is 8.66. The molecule has 1 aromatic rings. The fraction of sp³-hybridized carbons (Fsp3) is 0.500. The number of rotatable bonds is 2. The molecule has 3 amide bonds. The summed E-state index contributed by atoms with van der Waals surface area (Å²) in [4.78, 5) is 40.3. The summed E-state index contributed by atoms with van der Waals surface area (Å²) in [6, 6.07) is 2.82. The van der Waals surface area contributed by atoms with Gasteiger partial charge in [0.25, 0.3) is 0 Å². The summed E-state index contributed by atoms with van der Waals surface area (Å²) in [6.45, 7) is 6.52. The molecule has 9 heteroatoms. The van der Waals surface area contributed by atoms with Gasteiger partial charge in [-0.1, -0.05) is 0 Å². The van der Waals surface area contributed by atoms with Crippen molar-refractivity contribution in [3.63, 3.8) is 0 Å². The van der Waals surface area contributed by atoms with Crippen LogP contribution in [0.4, 0.5) is 19.7 Å². The summed E-state index contributed by atoms with van der Waals surface area (Å²) < 4.78 is 19.7. The van der Waals surface area contributed by atoms with Crippen molar-refractivity contribution in [1.82, 2.24) is 9.80 Å². The number of anilines is 1. The maximum Gasteiger partial charge on any atom is 0.410 e. The summed E-state index contributed by atoms with van der Waals surface area (Å²) in [5, 5.41) is 8.94. The highest BCUT2D eigenvalue weighted by Crippen LogP contribution is 2.29. The Labute approximate surface area is 156 Å². The maximum atomic E-state index is 14.3. The Hall–Kier alpha value is -2.84. The molecule has 2 aliphatic rings. The molecule has 0 aromatic heterocycles. The lowest BCUT2D eigenvalue weighted by Crippen LogP contribution is -2.54. The second-order valence-corrected chi connectivity index (χ2v) is 7.64. The monoisotopic (exact) mass is 379 g/mol. The molecule has 0 saturated carbocycles. The summed E-state index contributed by atoms with van der Waals surface area (Å²) in [5.41, 5.74) is -0.763. The number of amides is 3. The number of hydrogen-bond acceptors (Lipinski definition) is 4. The third-order valence-electron chi connectivity index (χ3n) is 4.49. The van der Waals surface area contributed by atoms with Crippen LogP contribution in [0.25, 0.3) is 0 Å². The van der Waals surface area contributed by atoms with E-state index in [2.05, 4.69) is 0 Å². The zero-order valence-corrected chi connectivity index (χ0v) is 15.4. The fourth-order valence-electron chi connectivity index (χ4n) is 3.26. The molecule has 3 rings (SSSR count). The number of ether oxygens (including phenoxy) is 1. The SMILES string of the molecule is CC(C)(C)OC(=O)N1CCN2C(=O)N(c3ccc(C(=O)O)cc3F)C[C@@H]2C1. The number of aromatic carboxylic acids is 1. The second kappa shape index (κ2) is 6.71. The predicted octanol–water partition coefficient (Wildman–Crippen LogP) is 2.39. The first-order chi connectivity index (χ1) is 12.6. The molecular weight excluding hydrogens is 357 g/mol. The van der Waals surface area contributed by atoms with Gasteiger partial charge in [-0.2, -0.15) is 0 Å². The van der Waals surface area contributed by atoms with Crippen LogP contribution in [-0.4, -0.2) is 70.8 Å². The Morgan fingerprint density at radius 3 is 2.52 bits per heavy atom. The molecule has 1 aromatic carbocycles. The van der Waals surface area contributed by atoms with Crippen LogP contribution in [-0.2, 0) is 4.74 Å². The molecule has 2 heterocycles. The van der Waals surface area contributed by atoms with Crippen molar-refractivity contribution >= 4 is 23.8 Å². The molecule has 0 unspecified atom stereocenters. The van der Waals surface area contributed by atoms with E-state index in [1.165, 1.54) is 17.0 Å². The minimum absolute atomic E-state index is 0.0308. The number of piperazine rings is 1. The normalized spacial score (nSPS) is 19.9. The Bertz CT molecular complexity index is 792. The third-order valence-corrected chi connectivity index (χ3v) is 4.49. The van der Waals surface area contributed by atoms with Crippen LogP contribution >= 0.6 is 0 Å². The van der Waals surface area contributed by atoms with E-state index >= 15 is 0 Å². The van der Waals surface area contributed by atoms with Gasteiger partial charge >= 0.3 is 18.1 Å². The van der Waals surface area contributed by atoms with Crippen LogP contribution in [0.15, 0.2) is 18.2 Å². The summed E-state index contributed by atoms with van der Waals surface area (Å²) in [5.74, 6) is -2.01. The smallest absolute Gasteiger partial charge is 0.410 e. The topological polar surface area (TPSA) is 90.4 Å². The lowest BCUT2D eigenvalue weighted by atomic mass is 10.1. The van der Waals surface area contributed by atoms with Gasteiger partial charge in [0.05, 0.1) is 23.8 Å². The Kier molecular flexibility index (Phi) is 4.71. The van der Waals surface area contributed by atoms with Gasteiger partial charge in [-0.3, -0.25) is 4.90 Å². The number of hydrogen-bond donors (Lipinski definition) is 1. The zero-order chi connectivity index (χ0) is 19.9. The molecule has 1 N–H and O–H groups in total. The first kappa shape index (κ1) is 18.9. The van der Waals surface area contributed by atoms with Crippen LogP contribution in [0.5, 0.6) is 0 Å². The first-order valence-corrected chi connectivity index (χ1v) is 8.66. The van der Waals surface area contributed by atoms with Crippen LogP contribution in [0.2, 0.25) is 0 Å². The molecule has 0 bridgehead atoms. The highest BCUT2D eigenvalue weighted by molar-refractivity contribution is 5.96. The average molecular weight is 379 g/mol. The maximum absolute atomic E-state index is 14.3. The third kappa shape index (κ3) is 3.81. The van der Waals surface area contributed by atoms with Gasteiger partial charge in [-0.25, -0.2) is 18.8 Å². The molecule has 146 valence electrons. The molecule has 2 saturated heterocycles. The number of halogens is 1. The number of carbonyl (C=O) groups is 3. The van der Waals surface area contributed by atoms with Gasteiger partial charge in [-0.15, -0.1) is 0 Å². The van der Waals surface area contributed by atoms with E-state index in [0.717, 1.165) is 6.07 Å². The number of carboxylic acid groups (broad SMARTS) is 1. The largest absolute Gasteiger partial charge is 0.478 e. The average Bonchev–Trinajstić information content (AvgIpc) is 2.89. The second-order valence-electron chi connectivity index (χ2n) is 7.64. The Balaban J connectivity index is 1.74. The van der Waals surface area contributed by atoms with E-state index in [4.69, 9.17) is 9.84 Å². The molecule has 2 aliphatic heterocycles. The van der Waals surface area contributed by atoms with Crippen molar-refractivity contribution in [3.8, 4) is 0 Å². The minimum atomic E-state index is -1.24. The van der Waals surface area contributed by atoms with Gasteiger partial charge in [0.2, 0.25) is 0 Å². The van der Waals surface area contributed by atoms with E-state index in [9.17, 15) is 18.8 Å². The molecule has 0 aliphatic carbocycles. The van der Waals surface area contributed by atoms with E-state index in [1.807, 2.05) is 0 Å². The summed E-state index contributed by atoms with van der Waals surface area (Å²) in [6.07, 6.45) is -0.440. The molecule has 0 spiro atoms.